The Morgan fingerprint density at radius 2 is 2.03 bits per heavy atom. The van der Waals surface area contributed by atoms with Gasteiger partial charge in [-0.05, 0) is 50.5 Å². The zero-order valence-electron chi connectivity index (χ0n) is 18.1. The van der Waals surface area contributed by atoms with Gasteiger partial charge in [0.15, 0.2) is 0 Å². The minimum Gasteiger partial charge on any atom is -0.335 e. The van der Waals surface area contributed by atoms with E-state index < -0.39 is 0 Å². The molecule has 0 N–H and O–H groups in total. The maximum Gasteiger partial charge on any atom is 0.229 e. The van der Waals surface area contributed by atoms with Gasteiger partial charge in [0.05, 0.1) is 18.2 Å². The smallest absolute Gasteiger partial charge is 0.229 e. The number of hydrogen-bond acceptors (Lipinski definition) is 4. The molecule has 3 fully saturated rings. The first-order valence-electron chi connectivity index (χ1n) is 12.0. The minimum atomic E-state index is 0.264. The number of aromatic nitrogens is 1. The highest BCUT2D eigenvalue weighted by Crippen LogP contribution is 2.45. The van der Waals surface area contributed by atoms with E-state index in [-0.39, 0.29) is 5.91 Å². The van der Waals surface area contributed by atoms with Crippen molar-refractivity contribution >= 4 is 17.2 Å². The lowest BCUT2D eigenvalue weighted by atomic mass is 9.68. The Balaban J connectivity index is 1.21. The third kappa shape index (κ3) is 3.66. The summed E-state index contributed by atoms with van der Waals surface area (Å²) in [5.74, 6) is 1.59. The molecule has 6 rings (SSSR count). The first-order chi connectivity index (χ1) is 15.3. The SMILES string of the molecule is O=C(Cc1csc(-c2ccccc2)n1)N1CCCC2=C[C@H]3C[C@H](CN4CCCC[C@@H]34)[C@H]21. The van der Waals surface area contributed by atoms with E-state index >= 15 is 0 Å². The van der Waals surface area contributed by atoms with Crippen molar-refractivity contribution < 1.29 is 4.79 Å². The van der Waals surface area contributed by atoms with Crippen LogP contribution in [0.5, 0.6) is 0 Å². The van der Waals surface area contributed by atoms with Gasteiger partial charge < -0.3 is 4.90 Å². The van der Waals surface area contributed by atoms with Crippen LogP contribution < -0.4 is 0 Å². The molecule has 5 heteroatoms. The number of nitrogens with zero attached hydrogens (tertiary/aromatic N) is 3. The lowest BCUT2D eigenvalue weighted by Crippen LogP contribution is -2.60. The molecular formula is C26H31N3OS. The van der Waals surface area contributed by atoms with Gasteiger partial charge in [0.1, 0.15) is 5.01 Å². The molecule has 0 spiro atoms. The third-order valence-electron chi connectivity index (χ3n) is 7.88. The molecular weight excluding hydrogens is 402 g/mol. The first-order valence-corrected chi connectivity index (χ1v) is 12.9. The second-order valence-corrected chi connectivity index (χ2v) is 10.6. The fourth-order valence-corrected chi connectivity index (χ4v) is 7.44. The molecule has 0 unspecified atom stereocenters. The molecule has 1 aliphatic carbocycles. The average Bonchev–Trinajstić information content (AvgIpc) is 3.28. The maximum atomic E-state index is 13.5. The number of hydrogen-bond donors (Lipinski definition) is 0. The van der Waals surface area contributed by atoms with E-state index in [1.165, 1.54) is 45.2 Å². The van der Waals surface area contributed by atoms with E-state index in [0.29, 0.717) is 24.3 Å². The standard InChI is InChI=1S/C26H31N3OS/c30-24(15-22-17-31-26(27-22)18-7-2-1-3-8-18)29-12-6-9-19-13-20-14-21(25(19)29)16-28-11-5-4-10-23(20)28/h1-3,7-8,13,17,20-21,23,25H,4-6,9-12,14-16H2/t20-,21+,23-,25-/m0/s1. The fourth-order valence-electron chi connectivity index (χ4n) is 6.61. The summed E-state index contributed by atoms with van der Waals surface area (Å²) in [4.78, 5) is 23.2. The van der Waals surface area contributed by atoms with Crippen LogP contribution in [0, 0.1) is 11.8 Å². The van der Waals surface area contributed by atoms with Crippen molar-refractivity contribution in [1.29, 1.82) is 0 Å². The van der Waals surface area contributed by atoms with Crippen molar-refractivity contribution in [3.05, 3.63) is 53.1 Å². The summed E-state index contributed by atoms with van der Waals surface area (Å²) in [5.41, 5.74) is 3.61. The van der Waals surface area contributed by atoms with Crippen LogP contribution in [0.2, 0.25) is 0 Å². The molecule has 4 aliphatic rings. The number of carbonyl (C=O) groups is 1. The van der Waals surface area contributed by atoms with Crippen LogP contribution in [0.15, 0.2) is 47.4 Å². The van der Waals surface area contributed by atoms with Gasteiger partial charge >= 0.3 is 0 Å². The van der Waals surface area contributed by atoms with Crippen LogP contribution in [-0.2, 0) is 11.2 Å². The lowest BCUT2D eigenvalue weighted by Gasteiger charge is -2.54. The molecule has 1 aromatic carbocycles. The zero-order chi connectivity index (χ0) is 20.8. The lowest BCUT2D eigenvalue weighted by molar-refractivity contribution is -0.135. The molecule has 2 bridgehead atoms. The van der Waals surface area contributed by atoms with E-state index in [4.69, 9.17) is 4.98 Å². The second kappa shape index (κ2) is 8.18. The number of rotatable bonds is 3. The highest BCUT2D eigenvalue weighted by molar-refractivity contribution is 7.13. The number of amides is 1. The molecule has 0 saturated carbocycles. The quantitative estimate of drug-likeness (QED) is 0.654. The Labute approximate surface area is 189 Å². The largest absolute Gasteiger partial charge is 0.335 e. The Bertz CT molecular complexity index is 984. The molecule has 0 radical (unpaired) electrons. The summed E-state index contributed by atoms with van der Waals surface area (Å²) >= 11 is 1.64. The molecule has 31 heavy (non-hydrogen) atoms. The Kier molecular flexibility index (Phi) is 5.19. The van der Waals surface area contributed by atoms with Crippen molar-refractivity contribution in [1.82, 2.24) is 14.8 Å². The van der Waals surface area contributed by atoms with E-state index in [1.807, 2.05) is 18.2 Å². The normalized spacial score (nSPS) is 30.3. The number of thiazole rings is 1. The number of fused-ring (bicyclic) bond motifs is 6. The molecule has 4 nitrogen and oxygen atoms in total. The van der Waals surface area contributed by atoms with Gasteiger partial charge in [-0.2, -0.15) is 0 Å². The number of likely N-dealkylation sites (tertiary alicyclic amines) is 1. The first kappa shape index (κ1) is 19.7. The Morgan fingerprint density at radius 3 is 2.94 bits per heavy atom. The predicted octanol–water partition coefficient (Wildman–Crippen LogP) is 4.77. The van der Waals surface area contributed by atoms with Gasteiger partial charge in [-0.1, -0.05) is 48.4 Å². The second-order valence-electron chi connectivity index (χ2n) is 9.78. The molecule has 4 atom stereocenters. The molecule has 4 heterocycles. The van der Waals surface area contributed by atoms with E-state index in [9.17, 15) is 4.79 Å². The van der Waals surface area contributed by atoms with Gasteiger partial charge in [0, 0.05) is 30.1 Å². The topological polar surface area (TPSA) is 36.4 Å². The van der Waals surface area contributed by atoms with Crippen molar-refractivity contribution in [2.45, 2.75) is 57.0 Å². The summed E-state index contributed by atoms with van der Waals surface area (Å²) < 4.78 is 0. The van der Waals surface area contributed by atoms with Gasteiger partial charge in [-0.25, -0.2) is 4.98 Å². The Hall–Kier alpha value is -1.98. The van der Waals surface area contributed by atoms with Crippen molar-refractivity contribution in [2.24, 2.45) is 11.8 Å². The molecule has 1 amide bonds. The zero-order valence-corrected chi connectivity index (χ0v) is 18.9. The van der Waals surface area contributed by atoms with Gasteiger partial charge in [0.2, 0.25) is 5.91 Å². The van der Waals surface area contributed by atoms with Crippen molar-refractivity contribution in [2.75, 3.05) is 19.6 Å². The highest BCUT2D eigenvalue weighted by Gasteiger charge is 2.46. The van der Waals surface area contributed by atoms with Crippen LogP contribution in [0.3, 0.4) is 0 Å². The molecule has 3 saturated heterocycles. The van der Waals surface area contributed by atoms with Crippen LogP contribution >= 0.6 is 11.3 Å². The number of piperidine rings is 3. The van der Waals surface area contributed by atoms with Gasteiger partial charge in [-0.3, -0.25) is 9.69 Å². The summed E-state index contributed by atoms with van der Waals surface area (Å²) in [7, 11) is 0. The molecule has 2 aromatic rings. The summed E-state index contributed by atoms with van der Waals surface area (Å²) in [6.45, 7) is 3.34. The van der Waals surface area contributed by atoms with Crippen LogP contribution in [-0.4, -0.2) is 52.4 Å². The van der Waals surface area contributed by atoms with Crippen LogP contribution in [0.25, 0.3) is 10.6 Å². The fraction of sp³-hybridized carbons (Fsp3) is 0.538. The monoisotopic (exact) mass is 433 g/mol. The Morgan fingerprint density at radius 1 is 1.13 bits per heavy atom. The number of carbonyl (C=O) groups excluding carboxylic acids is 1. The maximum absolute atomic E-state index is 13.5. The highest BCUT2D eigenvalue weighted by atomic mass is 32.1. The van der Waals surface area contributed by atoms with Crippen LogP contribution in [0.4, 0.5) is 0 Å². The third-order valence-corrected chi connectivity index (χ3v) is 8.82. The van der Waals surface area contributed by atoms with E-state index in [0.717, 1.165) is 35.3 Å². The molecule has 1 aromatic heterocycles. The van der Waals surface area contributed by atoms with Crippen LogP contribution in [0.1, 0.15) is 44.2 Å². The van der Waals surface area contributed by atoms with Gasteiger partial charge in [0.25, 0.3) is 0 Å². The van der Waals surface area contributed by atoms with Crippen molar-refractivity contribution in [3.63, 3.8) is 0 Å². The van der Waals surface area contributed by atoms with Gasteiger partial charge in [-0.15, -0.1) is 11.3 Å². The summed E-state index contributed by atoms with van der Waals surface area (Å²) in [6.07, 6.45) is 10.7. The molecule has 162 valence electrons. The average molecular weight is 434 g/mol. The molecule has 3 aliphatic heterocycles. The number of benzene rings is 1. The predicted molar refractivity (Wildman–Crippen MR) is 125 cm³/mol. The summed E-state index contributed by atoms with van der Waals surface area (Å²) in [6, 6.07) is 11.4. The van der Waals surface area contributed by atoms with Crippen molar-refractivity contribution in [3.8, 4) is 10.6 Å². The van der Waals surface area contributed by atoms with E-state index in [1.54, 1.807) is 16.9 Å². The summed E-state index contributed by atoms with van der Waals surface area (Å²) in [5, 5.41) is 3.07. The van der Waals surface area contributed by atoms with E-state index in [2.05, 4.69) is 33.4 Å². The minimum absolute atomic E-state index is 0.264.